The number of carbonyl (C=O) groups is 1. The normalized spacial score (nSPS) is 10.3. The number of amides is 1. The largest absolute Gasteiger partial charge is 0.326 e. The second kappa shape index (κ2) is 6.50. The number of benzene rings is 2. The smallest absolute Gasteiger partial charge is 0.228 e. The molecule has 104 valence electrons. The van der Waals surface area contributed by atoms with Crippen LogP contribution in [0.3, 0.4) is 0 Å². The minimum Gasteiger partial charge on any atom is -0.326 e. The molecule has 2 aromatic rings. The highest BCUT2D eigenvalue weighted by Gasteiger charge is 2.12. The molecule has 0 aliphatic carbocycles. The van der Waals surface area contributed by atoms with Crippen molar-refractivity contribution in [2.75, 3.05) is 5.32 Å². The summed E-state index contributed by atoms with van der Waals surface area (Å²) in [6.45, 7) is 0.392. The van der Waals surface area contributed by atoms with Crippen LogP contribution in [0, 0.1) is 5.82 Å². The molecule has 1 amide bonds. The van der Waals surface area contributed by atoms with Crippen LogP contribution in [-0.4, -0.2) is 5.91 Å². The molecule has 0 saturated heterocycles. The molecule has 0 saturated carbocycles. The first-order valence-electron chi connectivity index (χ1n) is 6.12. The van der Waals surface area contributed by atoms with Crippen molar-refractivity contribution in [1.29, 1.82) is 0 Å². The third-order valence-corrected chi connectivity index (χ3v) is 3.20. The van der Waals surface area contributed by atoms with Crippen molar-refractivity contribution in [2.45, 2.75) is 13.0 Å². The van der Waals surface area contributed by atoms with Gasteiger partial charge in [-0.1, -0.05) is 29.8 Å². The number of nitrogens with one attached hydrogen (secondary N) is 1. The van der Waals surface area contributed by atoms with Gasteiger partial charge in [0.25, 0.3) is 0 Å². The lowest BCUT2D eigenvalue weighted by molar-refractivity contribution is -0.115. The van der Waals surface area contributed by atoms with E-state index in [0.717, 1.165) is 5.56 Å². The first-order valence-corrected chi connectivity index (χ1v) is 6.49. The number of anilines is 1. The molecule has 0 aliphatic rings. The van der Waals surface area contributed by atoms with Gasteiger partial charge < -0.3 is 11.1 Å². The van der Waals surface area contributed by atoms with Crippen LogP contribution in [0.2, 0.25) is 5.02 Å². The lowest BCUT2D eigenvalue weighted by atomic mass is 10.1. The van der Waals surface area contributed by atoms with E-state index in [1.54, 1.807) is 24.3 Å². The van der Waals surface area contributed by atoms with Crippen LogP contribution in [0.5, 0.6) is 0 Å². The van der Waals surface area contributed by atoms with Gasteiger partial charge in [-0.05, 0) is 29.8 Å². The van der Waals surface area contributed by atoms with Gasteiger partial charge in [0.05, 0.1) is 6.42 Å². The lowest BCUT2D eigenvalue weighted by Gasteiger charge is -2.08. The van der Waals surface area contributed by atoms with Crippen molar-refractivity contribution in [2.24, 2.45) is 5.73 Å². The van der Waals surface area contributed by atoms with Gasteiger partial charge in [-0.25, -0.2) is 4.39 Å². The molecule has 0 aliphatic heterocycles. The van der Waals surface area contributed by atoms with Crippen LogP contribution in [0.15, 0.2) is 42.5 Å². The van der Waals surface area contributed by atoms with Gasteiger partial charge >= 0.3 is 0 Å². The Hall–Kier alpha value is -1.91. The molecule has 20 heavy (non-hydrogen) atoms. The van der Waals surface area contributed by atoms with Crippen LogP contribution in [-0.2, 0) is 17.8 Å². The Balaban J connectivity index is 2.09. The fourth-order valence-electron chi connectivity index (χ4n) is 1.84. The Morgan fingerprint density at radius 2 is 2.00 bits per heavy atom. The highest BCUT2D eigenvalue weighted by Crippen LogP contribution is 2.20. The zero-order chi connectivity index (χ0) is 14.5. The predicted molar refractivity (Wildman–Crippen MR) is 78.1 cm³/mol. The van der Waals surface area contributed by atoms with E-state index in [0.29, 0.717) is 12.2 Å². The molecule has 0 bridgehead atoms. The van der Waals surface area contributed by atoms with E-state index in [1.807, 2.05) is 6.07 Å². The zero-order valence-electron chi connectivity index (χ0n) is 10.7. The van der Waals surface area contributed by atoms with Crippen molar-refractivity contribution >= 4 is 23.2 Å². The average Bonchev–Trinajstić information content (AvgIpc) is 2.43. The summed E-state index contributed by atoms with van der Waals surface area (Å²) in [6, 6.07) is 11.5. The van der Waals surface area contributed by atoms with E-state index in [-0.39, 0.29) is 22.9 Å². The van der Waals surface area contributed by atoms with E-state index in [1.165, 1.54) is 12.1 Å². The second-order valence-corrected chi connectivity index (χ2v) is 4.74. The maximum absolute atomic E-state index is 13.6. The van der Waals surface area contributed by atoms with Crippen LogP contribution in [0.25, 0.3) is 0 Å². The number of hydrogen-bond acceptors (Lipinski definition) is 2. The Kier molecular flexibility index (Phi) is 4.71. The summed E-state index contributed by atoms with van der Waals surface area (Å²) in [5.74, 6) is -0.811. The first kappa shape index (κ1) is 14.5. The third-order valence-electron chi connectivity index (χ3n) is 2.85. The molecular formula is C15H14ClFN2O. The summed E-state index contributed by atoms with van der Waals surface area (Å²) < 4.78 is 13.6. The van der Waals surface area contributed by atoms with Crippen molar-refractivity contribution in [3.8, 4) is 0 Å². The van der Waals surface area contributed by atoms with Gasteiger partial charge in [-0.3, -0.25) is 4.79 Å². The monoisotopic (exact) mass is 292 g/mol. The topological polar surface area (TPSA) is 55.1 Å². The highest BCUT2D eigenvalue weighted by molar-refractivity contribution is 6.31. The molecular weight excluding hydrogens is 279 g/mol. The molecule has 3 nitrogen and oxygen atoms in total. The van der Waals surface area contributed by atoms with Gasteiger partial charge in [-0.2, -0.15) is 0 Å². The van der Waals surface area contributed by atoms with Gasteiger partial charge in [0.15, 0.2) is 0 Å². The van der Waals surface area contributed by atoms with Gasteiger partial charge in [0, 0.05) is 22.8 Å². The van der Waals surface area contributed by atoms with Crippen molar-refractivity contribution in [1.82, 2.24) is 0 Å². The molecule has 0 heterocycles. The highest BCUT2D eigenvalue weighted by atomic mass is 35.5. The van der Waals surface area contributed by atoms with Crippen molar-refractivity contribution in [3.05, 3.63) is 64.4 Å². The van der Waals surface area contributed by atoms with Crippen LogP contribution in [0.1, 0.15) is 11.1 Å². The summed E-state index contributed by atoms with van der Waals surface area (Å²) in [6.07, 6.45) is -0.113. The van der Waals surface area contributed by atoms with Crippen LogP contribution in [0.4, 0.5) is 10.1 Å². The fraction of sp³-hybridized carbons (Fsp3) is 0.133. The van der Waals surface area contributed by atoms with Crippen molar-refractivity contribution < 1.29 is 9.18 Å². The molecule has 3 N–H and O–H groups in total. The van der Waals surface area contributed by atoms with Gasteiger partial charge in [0.1, 0.15) is 5.82 Å². The summed E-state index contributed by atoms with van der Waals surface area (Å²) in [5.41, 5.74) is 7.27. The van der Waals surface area contributed by atoms with Gasteiger partial charge in [-0.15, -0.1) is 0 Å². The molecule has 0 aromatic heterocycles. The average molecular weight is 293 g/mol. The van der Waals surface area contributed by atoms with E-state index in [2.05, 4.69) is 5.32 Å². The predicted octanol–water partition coefficient (Wildman–Crippen LogP) is 3.12. The summed E-state index contributed by atoms with van der Waals surface area (Å²) in [5, 5.41) is 2.95. The standard InChI is InChI=1S/C15H14ClFN2O/c16-13-5-2-6-14(17)12(13)8-15(20)19-11-4-1-3-10(7-11)9-18/h1-7H,8-9,18H2,(H,19,20). The van der Waals surface area contributed by atoms with E-state index >= 15 is 0 Å². The molecule has 0 atom stereocenters. The second-order valence-electron chi connectivity index (χ2n) is 4.33. The zero-order valence-corrected chi connectivity index (χ0v) is 11.5. The van der Waals surface area contributed by atoms with Gasteiger partial charge in [0.2, 0.25) is 5.91 Å². The van der Waals surface area contributed by atoms with Crippen LogP contribution >= 0.6 is 11.6 Å². The van der Waals surface area contributed by atoms with E-state index in [4.69, 9.17) is 17.3 Å². The minimum absolute atomic E-state index is 0.113. The number of hydrogen-bond donors (Lipinski definition) is 2. The first-order chi connectivity index (χ1) is 9.60. The van der Waals surface area contributed by atoms with E-state index in [9.17, 15) is 9.18 Å². The Morgan fingerprint density at radius 1 is 1.25 bits per heavy atom. The Labute approximate surface area is 121 Å². The maximum atomic E-state index is 13.6. The van der Waals surface area contributed by atoms with Crippen molar-refractivity contribution in [3.63, 3.8) is 0 Å². The fourth-order valence-corrected chi connectivity index (χ4v) is 2.07. The van der Waals surface area contributed by atoms with Crippen LogP contribution < -0.4 is 11.1 Å². The molecule has 2 aromatic carbocycles. The lowest BCUT2D eigenvalue weighted by Crippen LogP contribution is -2.15. The number of rotatable bonds is 4. The molecule has 0 spiro atoms. The number of halogens is 2. The maximum Gasteiger partial charge on any atom is 0.228 e. The number of carbonyl (C=O) groups excluding carboxylic acids is 1. The molecule has 0 fully saturated rings. The Bertz CT molecular complexity index is 611. The summed E-state index contributed by atoms with van der Waals surface area (Å²) in [7, 11) is 0. The summed E-state index contributed by atoms with van der Waals surface area (Å²) in [4.78, 5) is 11.9. The SMILES string of the molecule is NCc1cccc(NC(=O)Cc2c(F)cccc2Cl)c1. The molecule has 0 unspecified atom stereocenters. The number of nitrogens with two attached hydrogens (primary N) is 1. The molecule has 2 rings (SSSR count). The van der Waals surface area contributed by atoms with E-state index < -0.39 is 5.82 Å². The Morgan fingerprint density at radius 3 is 2.70 bits per heavy atom. The third kappa shape index (κ3) is 3.56. The minimum atomic E-state index is -0.483. The quantitative estimate of drug-likeness (QED) is 0.910. The molecule has 0 radical (unpaired) electrons. The molecule has 5 heteroatoms. The summed E-state index contributed by atoms with van der Waals surface area (Å²) >= 11 is 5.89.